The second-order valence-corrected chi connectivity index (χ2v) is 7.48. The standard InChI is InChI=1S/C17H14BrCl2N3.C2H2O4/c1-23-16(12-4-7-14(19)15(20)8-12)10-22-17(23)21-9-11-2-5-13(18)6-3-11;3-1(4)2(5)6/h2-8,10H,9H2,1H3,(H,21,22);(H,3,4)(H,5,6). The minimum atomic E-state index is -1.82. The summed E-state index contributed by atoms with van der Waals surface area (Å²) < 4.78 is 3.07. The highest BCUT2D eigenvalue weighted by Gasteiger charge is 2.10. The monoisotopic (exact) mass is 499 g/mol. The first-order chi connectivity index (χ1) is 13.7. The molecule has 3 N–H and O–H groups in total. The third kappa shape index (κ3) is 6.49. The van der Waals surface area contributed by atoms with Gasteiger partial charge in [-0.3, -0.25) is 0 Å². The van der Waals surface area contributed by atoms with Crippen LogP contribution in [0.1, 0.15) is 5.56 Å². The number of aromatic nitrogens is 2. The van der Waals surface area contributed by atoms with Crippen LogP contribution in [0.2, 0.25) is 10.0 Å². The van der Waals surface area contributed by atoms with Crippen molar-refractivity contribution in [2.24, 2.45) is 7.05 Å². The summed E-state index contributed by atoms with van der Waals surface area (Å²) in [6.45, 7) is 0.707. The van der Waals surface area contributed by atoms with Crippen molar-refractivity contribution in [3.63, 3.8) is 0 Å². The molecule has 0 amide bonds. The summed E-state index contributed by atoms with van der Waals surface area (Å²) in [6, 6.07) is 13.8. The molecular formula is C19H16BrCl2N3O4. The van der Waals surface area contributed by atoms with Crippen molar-refractivity contribution >= 4 is 57.0 Å². The van der Waals surface area contributed by atoms with Crippen LogP contribution in [0, 0.1) is 0 Å². The van der Waals surface area contributed by atoms with E-state index < -0.39 is 11.9 Å². The van der Waals surface area contributed by atoms with Crippen LogP contribution in [-0.4, -0.2) is 31.7 Å². The summed E-state index contributed by atoms with van der Waals surface area (Å²) in [5.74, 6) is -2.85. The van der Waals surface area contributed by atoms with Crippen LogP contribution in [0.15, 0.2) is 53.1 Å². The summed E-state index contributed by atoms with van der Waals surface area (Å²) in [7, 11) is 1.97. The van der Waals surface area contributed by atoms with Gasteiger partial charge in [-0.2, -0.15) is 0 Å². The molecule has 0 aliphatic rings. The van der Waals surface area contributed by atoms with E-state index in [1.807, 2.05) is 42.1 Å². The van der Waals surface area contributed by atoms with E-state index in [1.165, 1.54) is 5.56 Å². The molecule has 152 valence electrons. The zero-order valence-corrected chi connectivity index (χ0v) is 18.2. The second kappa shape index (κ2) is 10.3. The summed E-state index contributed by atoms with van der Waals surface area (Å²) in [4.78, 5) is 22.6. The number of carboxylic acids is 2. The minimum absolute atomic E-state index is 0.537. The quantitative estimate of drug-likeness (QED) is 0.439. The fourth-order valence-corrected chi connectivity index (χ4v) is 2.84. The lowest BCUT2D eigenvalue weighted by molar-refractivity contribution is -0.159. The molecule has 0 fully saturated rings. The van der Waals surface area contributed by atoms with Gasteiger partial charge in [0.05, 0.1) is 21.9 Å². The van der Waals surface area contributed by atoms with Gasteiger partial charge in [-0.25, -0.2) is 14.6 Å². The molecule has 0 unspecified atom stereocenters. The highest BCUT2D eigenvalue weighted by atomic mass is 79.9. The SMILES string of the molecule is Cn1c(-c2ccc(Cl)c(Cl)c2)cnc1NCc1ccc(Br)cc1.O=C(O)C(=O)O. The molecule has 0 aliphatic heterocycles. The Labute approximate surface area is 185 Å². The first kappa shape index (κ1) is 22.7. The van der Waals surface area contributed by atoms with Gasteiger partial charge >= 0.3 is 11.9 Å². The highest BCUT2D eigenvalue weighted by molar-refractivity contribution is 9.10. The van der Waals surface area contributed by atoms with E-state index in [2.05, 4.69) is 38.4 Å². The van der Waals surface area contributed by atoms with Gasteiger partial charge in [0.1, 0.15) is 0 Å². The number of hydrogen-bond acceptors (Lipinski definition) is 4. The molecule has 3 rings (SSSR count). The van der Waals surface area contributed by atoms with Crippen LogP contribution in [0.3, 0.4) is 0 Å². The smallest absolute Gasteiger partial charge is 0.414 e. The van der Waals surface area contributed by atoms with Crippen molar-refractivity contribution in [3.8, 4) is 11.3 Å². The molecule has 10 heteroatoms. The number of benzene rings is 2. The van der Waals surface area contributed by atoms with Gasteiger partial charge in [-0.05, 0) is 29.8 Å². The molecule has 0 saturated carbocycles. The number of hydrogen-bond donors (Lipinski definition) is 3. The topological polar surface area (TPSA) is 104 Å². The van der Waals surface area contributed by atoms with Crippen LogP contribution in [-0.2, 0) is 23.2 Å². The first-order valence-corrected chi connectivity index (χ1v) is 9.65. The van der Waals surface area contributed by atoms with Crippen molar-refractivity contribution < 1.29 is 19.8 Å². The van der Waals surface area contributed by atoms with Gasteiger partial charge < -0.3 is 20.1 Å². The molecule has 7 nitrogen and oxygen atoms in total. The molecule has 0 radical (unpaired) electrons. The van der Waals surface area contributed by atoms with Crippen molar-refractivity contribution in [3.05, 3.63) is 68.7 Å². The lowest BCUT2D eigenvalue weighted by Crippen LogP contribution is -2.09. The van der Waals surface area contributed by atoms with E-state index in [-0.39, 0.29) is 0 Å². The number of aliphatic carboxylic acids is 2. The Balaban J connectivity index is 0.000000438. The molecule has 0 atom stereocenters. The fourth-order valence-electron chi connectivity index (χ4n) is 2.28. The Morgan fingerprint density at radius 3 is 2.24 bits per heavy atom. The number of nitrogens with one attached hydrogen (secondary N) is 1. The van der Waals surface area contributed by atoms with Crippen LogP contribution in [0.25, 0.3) is 11.3 Å². The lowest BCUT2D eigenvalue weighted by atomic mass is 10.2. The van der Waals surface area contributed by atoms with Crippen LogP contribution >= 0.6 is 39.1 Å². The predicted molar refractivity (Wildman–Crippen MR) is 115 cm³/mol. The van der Waals surface area contributed by atoms with Crippen LogP contribution in [0.4, 0.5) is 5.95 Å². The van der Waals surface area contributed by atoms with E-state index in [0.29, 0.717) is 16.6 Å². The van der Waals surface area contributed by atoms with E-state index in [9.17, 15) is 0 Å². The Morgan fingerprint density at radius 2 is 1.69 bits per heavy atom. The molecule has 1 aromatic heterocycles. The number of rotatable bonds is 4. The number of anilines is 1. The number of carbonyl (C=O) groups is 2. The van der Waals surface area contributed by atoms with E-state index in [4.69, 9.17) is 43.0 Å². The van der Waals surface area contributed by atoms with Crippen LogP contribution in [0.5, 0.6) is 0 Å². The summed E-state index contributed by atoms with van der Waals surface area (Å²) in [5.41, 5.74) is 3.14. The summed E-state index contributed by atoms with van der Waals surface area (Å²) >= 11 is 15.5. The maximum absolute atomic E-state index is 9.10. The minimum Gasteiger partial charge on any atom is -0.473 e. The molecule has 29 heavy (non-hydrogen) atoms. The normalized spacial score (nSPS) is 10.1. The Morgan fingerprint density at radius 1 is 1.07 bits per heavy atom. The van der Waals surface area contributed by atoms with Gasteiger partial charge in [0.2, 0.25) is 5.95 Å². The first-order valence-electron chi connectivity index (χ1n) is 8.10. The molecule has 1 heterocycles. The van der Waals surface area contributed by atoms with Gasteiger partial charge in [-0.1, -0.05) is 57.3 Å². The van der Waals surface area contributed by atoms with E-state index in [0.717, 1.165) is 21.7 Å². The maximum Gasteiger partial charge on any atom is 0.414 e. The van der Waals surface area contributed by atoms with Crippen molar-refractivity contribution in [2.75, 3.05) is 5.32 Å². The number of halogens is 3. The molecule has 3 aromatic rings. The largest absolute Gasteiger partial charge is 0.473 e. The molecule has 0 aliphatic carbocycles. The van der Waals surface area contributed by atoms with E-state index >= 15 is 0 Å². The molecule has 0 saturated heterocycles. The Hall–Kier alpha value is -2.55. The zero-order valence-electron chi connectivity index (χ0n) is 15.1. The molecule has 0 bridgehead atoms. The van der Waals surface area contributed by atoms with Crippen molar-refractivity contribution in [1.29, 1.82) is 0 Å². The lowest BCUT2D eigenvalue weighted by Gasteiger charge is -2.09. The van der Waals surface area contributed by atoms with Gasteiger partial charge in [0.15, 0.2) is 0 Å². The second-order valence-electron chi connectivity index (χ2n) is 5.75. The molecular weight excluding hydrogens is 485 g/mol. The Bertz CT molecular complexity index is 1010. The average molecular weight is 501 g/mol. The number of carboxylic acid groups (broad SMARTS) is 2. The maximum atomic E-state index is 9.10. The van der Waals surface area contributed by atoms with Gasteiger partial charge in [-0.15, -0.1) is 0 Å². The molecule has 0 spiro atoms. The zero-order chi connectivity index (χ0) is 21.6. The van der Waals surface area contributed by atoms with Gasteiger partial charge in [0.25, 0.3) is 0 Å². The molecule has 2 aromatic carbocycles. The van der Waals surface area contributed by atoms with Crippen LogP contribution < -0.4 is 5.32 Å². The van der Waals surface area contributed by atoms with E-state index in [1.54, 1.807) is 6.07 Å². The number of imidazole rings is 1. The van der Waals surface area contributed by atoms with Crippen molar-refractivity contribution in [1.82, 2.24) is 9.55 Å². The average Bonchev–Trinajstić information content (AvgIpc) is 3.04. The fraction of sp³-hybridized carbons (Fsp3) is 0.105. The number of nitrogens with zero attached hydrogens (tertiary/aromatic N) is 2. The Kier molecular flexibility index (Phi) is 8.07. The third-order valence-electron chi connectivity index (χ3n) is 3.75. The van der Waals surface area contributed by atoms with Crippen molar-refractivity contribution in [2.45, 2.75) is 6.54 Å². The van der Waals surface area contributed by atoms with Gasteiger partial charge in [0, 0.05) is 23.6 Å². The third-order valence-corrected chi connectivity index (χ3v) is 5.02. The summed E-state index contributed by atoms with van der Waals surface area (Å²) in [5, 5.41) is 19.2. The summed E-state index contributed by atoms with van der Waals surface area (Å²) in [6.07, 6.45) is 1.82. The highest BCUT2D eigenvalue weighted by Crippen LogP contribution is 2.29. The predicted octanol–water partition coefficient (Wildman–Crippen LogP) is 4.92.